The van der Waals surface area contributed by atoms with E-state index >= 15 is 0 Å². The average molecular weight is 448 g/mol. The summed E-state index contributed by atoms with van der Waals surface area (Å²) in [5.74, 6) is 0.330. The van der Waals surface area contributed by atoms with Crippen molar-refractivity contribution in [3.63, 3.8) is 0 Å². The summed E-state index contributed by atoms with van der Waals surface area (Å²) in [6.07, 6.45) is 1.02. The fourth-order valence-corrected chi connectivity index (χ4v) is 5.34. The molecule has 1 fully saturated rings. The minimum Gasteiger partial charge on any atom is -0.493 e. The summed E-state index contributed by atoms with van der Waals surface area (Å²) < 4.78 is 38.0. The minimum absolute atomic E-state index is 0.0396. The van der Waals surface area contributed by atoms with Crippen LogP contribution >= 0.6 is 11.8 Å². The molecule has 1 heterocycles. The molecule has 8 nitrogen and oxygen atoms in total. The van der Waals surface area contributed by atoms with Crippen molar-refractivity contribution in [1.29, 1.82) is 5.26 Å². The topological polar surface area (TPSA) is 109 Å². The van der Waals surface area contributed by atoms with Crippen molar-refractivity contribution < 1.29 is 22.7 Å². The summed E-state index contributed by atoms with van der Waals surface area (Å²) in [6.45, 7) is 0.256. The number of carbonyl (C=O) groups excluding carboxylic acids is 1. The van der Waals surface area contributed by atoms with E-state index in [1.165, 1.54) is 36.7 Å². The molecule has 0 spiro atoms. The fraction of sp³-hybridized carbons (Fsp3) is 0.300. The van der Waals surface area contributed by atoms with E-state index in [2.05, 4.69) is 5.32 Å². The molecular weight excluding hydrogens is 426 g/mol. The van der Waals surface area contributed by atoms with Crippen LogP contribution in [0.3, 0.4) is 0 Å². The second kappa shape index (κ2) is 9.38. The van der Waals surface area contributed by atoms with Crippen LogP contribution in [-0.4, -0.2) is 45.4 Å². The van der Waals surface area contributed by atoms with Crippen molar-refractivity contribution in [2.45, 2.75) is 28.7 Å². The Balaban J connectivity index is 1.80. The highest BCUT2D eigenvalue weighted by Crippen LogP contribution is 2.33. The molecule has 1 aliphatic heterocycles. The second-order valence-electron chi connectivity index (χ2n) is 6.50. The largest absolute Gasteiger partial charge is 0.493 e. The Labute approximate surface area is 179 Å². The van der Waals surface area contributed by atoms with Gasteiger partial charge in [0, 0.05) is 23.2 Å². The van der Waals surface area contributed by atoms with Gasteiger partial charge in [0.25, 0.3) is 0 Å². The maximum absolute atomic E-state index is 13.2. The van der Waals surface area contributed by atoms with Crippen LogP contribution in [0.15, 0.2) is 52.3 Å². The van der Waals surface area contributed by atoms with Gasteiger partial charge >= 0.3 is 0 Å². The molecule has 1 aliphatic rings. The number of nitriles is 1. The Hall–Kier alpha value is -2.74. The lowest BCUT2D eigenvalue weighted by molar-refractivity contribution is -0.119. The van der Waals surface area contributed by atoms with Crippen LogP contribution in [0.25, 0.3) is 0 Å². The van der Waals surface area contributed by atoms with Gasteiger partial charge in [0.2, 0.25) is 15.9 Å². The third kappa shape index (κ3) is 4.53. The summed E-state index contributed by atoms with van der Waals surface area (Å²) in [5.41, 5.74) is 0.539. The Bertz CT molecular complexity index is 1060. The normalized spacial score (nSPS) is 16.6. The molecule has 1 amide bonds. The van der Waals surface area contributed by atoms with E-state index in [-0.39, 0.29) is 11.4 Å². The predicted octanol–water partition coefficient (Wildman–Crippen LogP) is 3.07. The number of methoxy groups -OCH3 is 2. The zero-order chi connectivity index (χ0) is 21.7. The number of rotatable bonds is 7. The highest BCUT2D eigenvalue weighted by atomic mass is 32.2. The zero-order valence-corrected chi connectivity index (χ0v) is 18.1. The van der Waals surface area contributed by atoms with Crippen molar-refractivity contribution in [2.75, 3.05) is 26.1 Å². The molecule has 2 aromatic rings. The highest BCUT2D eigenvalue weighted by Gasteiger charge is 2.39. The SMILES string of the molecule is COc1ccc(S(=O)(=O)N2CCCC2C(=O)Nc2ccc(SC#N)cc2)cc1OC. The van der Waals surface area contributed by atoms with Crippen molar-refractivity contribution >= 4 is 33.4 Å². The van der Waals surface area contributed by atoms with Crippen molar-refractivity contribution in [1.82, 2.24) is 4.31 Å². The Morgan fingerprint density at radius 3 is 2.50 bits per heavy atom. The predicted molar refractivity (Wildman–Crippen MR) is 113 cm³/mol. The lowest BCUT2D eigenvalue weighted by atomic mass is 10.2. The standard InChI is InChI=1S/C20H21N3O5S2/c1-27-18-10-9-16(12-19(18)28-2)30(25,26)23-11-3-4-17(23)20(24)22-14-5-7-15(8-6-14)29-13-21/h5-10,12,17H,3-4,11H2,1-2H3,(H,22,24). The van der Waals surface area contributed by atoms with Gasteiger partial charge in [-0.1, -0.05) is 0 Å². The van der Waals surface area contributed by atoms with Gasteiger partial charge in [-0.2, -0.15) is 9.57 Å². The number of hydrogen-bond acceptors (Lipinski definition) is 7. The first-order valence-corrected chi connectivity index (χ1v) is 11.4. The number of amides is 1. The second-order valence-corrected chi connectivity index (χ2v) is 9.25. The number of nitrogens with one attached hydrogen (secondary N) is 1. The molecule has 2 aromatic carbocycles. The number of sulfonamides is 1. The van der Waals surface area contributed by atoms with E-state index in [1.54, 1.807) is 24.3 Å². The molecule has 1 atom stereocenters. The summed E-state index contributed by atoms with van der Waals surface area (Å²) >= 11 is 1.02. The number of nitrogens with zero attached hydrogens (tertiary/aromatic N) is 2. The molecule has 1 unspecified atom stereocenters. The molecule has 0 aromatic heterocycles. The highest BCUT2D eigenvalue weighted by molar-refractivity contribution is 8.03. The molecule has 0 bridgehead atoms. The third-order valence-electron chi connectivity index (χ3n) is 4.75. The Kier molecular flexibility index (Phi) is 6.87. The van der Waals surface area contributed by atoms with E-state index in [9.17, 15) is 13.2 Å². The fourth-order valence-electron chi connectivity index (χ4n) is 3.29. The van der Waals surface area contributed by atoms with E-state index in [0.29, 0.717) is 30.0 Å². The van der Waals surface area contributed by atoms with E-state index in [4.69, 9.17) is 14.7 Å². The lowest BCUT2D eigenvalue weighted by Gasteiger charge is -2.24. The maximum atomic E-state index is 13.2. The lowest BCUT2D eigenvalue weighted by Crippen LogP contribution is -2.43. The third-order valence-corrected chi connectivity index (χ3v) is 7.26. The van der Waals surface area contributed by atoms with Gasteiger partial charge in [-0.05, 0) is 61.0 Å². The molecule has 0 radical (unpaired) electrons. The van der Waals surface area contributed by atoms with E-state index in [0.717, 1.165) is 16.7 Å². The molecule has 0 saturated carbocycles. The van der Waals surface area contributed by atoms with E-state index in [1.807, 2.05) is 5.40 Å². The Morgan fingerprint density at radius 1 is 1.17 bits per heavy atom. The zero-order valence-electron chi connectivity index (χ0n) is 16.5. The van der Waals surface area contributed by atoms with Crippen LogP contribution in [0.5, 0.6) is 11.5 Å². The van der Waals surface area contributed by atoms with Gasteiger partial charge in [0.15, 0.2) is 11.5 Å². The quantitative estimate of drug-likeness (QED) is 0.513. The number of hydrogen-bond donors (Lipinski definition) is 1. The molecule has 3 rings (SSSR count). The molecular formula is C20H21N3O5S2. The van der Waals surface area contributed by atoms with Crippen LogP contribution in [0.4, 0.5) is 5.69 Å². The maximum Gasteiger partial charge on any atom is 0.243 e. The number of carbonyl (C=O) groups is 1. The van der Waals surface area contributed by atoms with Gasteiger partial charge in [-0.25, -0.2) is 8.42 Å². The van der Waals surface area contributed by atoms with Crippen LogP contribution < -0.4 is 14.8 Å². The van der Waals surface area contributed by atoms with Crippen LogP contribution in [0, 0.1) is 10.7 Å². The van der Waals surface area contributed by atoms with Crippen LogP contribution in [0.1, 0.15) is 12.8 Å². The summed E-state index contributed by atoms with van der Waals surface area (Å²) in [7, 11) is -0.997. The van der Waals surface area contributed by atoms with Crippen molar-refractivity contribution in [2.24, 2.45) is 0 Å². The van der Waals surface area contributed by atoms with Crippen molar-refractivity contribution in [3.05, 3.63) is 42.5 Å². The van der Waals surface area contributed by atoms with Crippen LogP contribution in [0.2, 0.25) is 0 Å². The summed E-state index contributed by atoms with van der Waals surface area (Å²) in [4.78, 5) is 13.6. The number of anilines is 1. The van der Waals surface area contributed by atoms with Gasteiger partial charge < -0.3 is 14.8 Å². The number of thiocyanates is 1. The minimum atomic E-state index is -3.90. The number of benzene rings is 2. The average Bonchev–Trinajstić information content (AvgIpc) is 3.26. The van der Waals surface area contributed by atoms with Gasteiger partial charge in [0.1, 0.15) is 11.4 Å². The molecule has 158 valence electrons. The smallest absolute Gasteiger partial charge is 0.243 e. The van der Waals surface area contributed by atoms with Crippen LogP contribution in [-0.2, 0) is 14.8 Å². The molecule has 10 heteroatoms. The monoisotopic (exact) mass is 447 g/mol. The van der Waals surface area contributed by atoms with Gasteiger partial charge in [-0.15, -0.1) is 0 Å². The molecule has 30 heavy (non-hydrogen) atoms. The number of ether oxygens (including phenoxy) is 2. The molecule has 1 N–H and O–H groups in total. The summed E-state index contributed by atoms with van der Waals surface area (Å²) in [6, 6.07) is 10.3. The first-order valence-electron chi connectivity index (χ1n) is 9.11. The number of thioether (sulfide) groups is 1. The van der Waals surface area contributed by atoms with Gasteiger partial charge in [0.05, 0.1) is 19.1 Å². The molecule has 0 aliphatic carbocycles. The molecule has 1 saturated heterocycles. The van der Waals surface area contributed by atoms with Crippen molar-refractivity contribution in [3.8, 4) is 16.9 Å². The Morgan fingerprint density at radius 2 is 1.87 bits per heavy atom. The van der Waals surface area contributed by atoms with E-state index < -0.39 is 22.0 Å². The first kappa shape index (κ1) is 22.0. The summed E-state index contributed by atoms with van der Waals surface area (Å²) in [5, 5.41) is 13.5. The first-order chi connectivity index (χ1) is 14.4. The van der Waals surface area contributed by atoms with Gasteiger partial charge in [-0.3, -0.25) is 4.79 Å².